The molecule has 110 valence electrons. The molecule has 0 atom stereocenters. The lowest BCUT2D eigenvalue weighted by Crippen LogP contribution is -2.09. The van der Waals surface area contributed by atoms with Crippen LogP contribution in [0.25, 0.3) is 0 Å². The summed E-state index contributed by atoms with van der Waals surface area (Å²) < 4.78 is 38.1. The van der Waals surface area contributed by atoms with Gasteiger partial charge in [0.15, 0.2) is 9.84 Å². The van der Waals surface area contributed by atoms with E-state index in [4.69, 9.17) is 5.11 Å². The number of hydrogen-bond acceptors (Lipinski definition) is 3. The summed E-state index contributed by atoms with van der Waals surface area (Å²) in [5.74, 6) is -2.32. The molecule has 0 bridgehead atoms. The molecule has 21 heavy (non-hydrogen) atoms. The van der Waals surface area contributed by atoms with Gasteiger partial charge in [0.05, 0.1) is 16.2 Å². The van der Waals surface area contributed by atoms with Gasteiger partial charge >= 0.3 is 5.97 Å². The minimum Gasteiger partial charge on any atom is -0.478 e. The van der Waals surface area contributed by atoms with Crippen molar-refractivity contribution in [2.45, 2.75) is 17.6 Å². The van der Waals surface area contributed by atoms with Crippen LogP contribution < -0.4 is 0 Å². The Morgan fingerprint density at radius 3 is 2.48 bits per heavy atom. The highest BCUT2D eigenvalue weighted by Crippen LogP contribution is 2.21. The molecule has 0 fully saturated rings. The van der Waals surface area contributed by atoms with Crippen LogP contribution in [0.2, 0.25) is 0 Å². The van der Waals surface area contributed by atoms with Crippen LogP contribution in [-0.2, 0) is 15.6 Å². The third-order valence-electron chi connectivity index (χ3n) is 3.10. The molecule has 1 N–H and O–H groups in total. The maximum atomic E-state index is 13.5. The molecule has 0 radical (unpaired) electrons. The standard InChI is InChI=1S/C15H13FO4S/c1-10-6-7-12(8-13(10)15(17)18)21(19,20)9-11-4-2-3-5-14(11)16/h2-8H,9H2,1H3,(H,17,18). The predicted molar refractivity (Wildman–Crippen MR) is 75.4 cm³/mol. The quantitative estimate of drug-likeness (QED) is 0.942. The van der Waals surface area contributed by atoms with Crippen molar-refractivity contribution >= 4 is 15.8 Å². The van der Waals surface area contributed by atoms with Crippen LogP contribution >= 0.6 is 0 Å². The zero-order valence-electron chi connectivity index (χ0n) is 11.2. The summed E-state index contributed by atoms with van der Waals surface area (Å²) in [5, 5.41) is 9.03. The monoisotopic (exact) mass is 308 g/mol. The first-order valence-electron chi connectivity index (χ1n) is 6.11. The lowest BCUT2D eigenvalue weighted by atomic mass is 10.1. The van der Waals surface area contributed by atoms with Gasteiger partial charge in [-0.05, 0) is 30.7 Å². The van der Waals surface area contributed by atoms with Gasteiger partial charge in [-0.3, -0.25) is 0 Å². The Kier molecular flexibility index (Phi) is 4.09. The van der Waals surface area contributed by atoms with E-state index < -0.39 is 27.4 Å². The molecule has 0 saturated heterocycles. The molecule has 0 aliphatic carbocycles. The lowest BCUT2D eigenvalue weighted by molar-refractivity contribution is 0.0696. The first-order valence-corrected chi connectivity index (χ1v) is 7.76. The number of halogens is 1. The van der Waals surface area contributed by atoms with Gasteiger partial charge in [0.1, 0.15) is 5.82 Å². The summed E-state index contributed by atoms with van der Waals surface area (Å²) in [6.45, 7) is 1.58. The van der Waals surface area contributed by atoms with Crippen molar-refractivity contribution in [1.29, 1.82) is 0 Å². The van der Waals surface area contributed by atoms with Crippen LogP contribution in [0.3, 0.4) is 0 Å². The Balaban J connectivity index is 2.43. The Labute approximate surface area is 121 Å². The lowest BCUT2D eigenvalue weighted by Gasteiger charge is -2.08. The molecule has 0 aromatic heterocycles. The van der Waals surface area contributed by atoms with Crippen LogP contribution in [0, 0.1) is 12.7 Å². The summed E-state index contributed by atoms with van der Waals surface area (Å²) in [6.07, 6.45) is 0. The molecule has 2 rings (SSSR count). The zero-order valence-corrected chi connectivity index (χ0v) is 12.0. The molecule has 0 aliphatic rings. The van der Waals surface area contributed by atoms with Gasteiger partial charge in [0, 0.05) is 5.56 Å². The molecule has 0 heterocycles. The van der Waals surface area contributed by atoms with Crippen molar-refractivity contribution in [2.24, 2.45) is 0 Å². The first kappa shape index (κ1) is 15.2. The highest BCUT2D eigenvalue weighted by molar-refractivity contribution is 7.90. The number of carboxylic acid groups (broad SMARTS) is 1. The first-order chi connectivity index (χ1) is 9.81. The minimum atomic E-state index is -3.81. The molecule has 0 amide bonds. The molecule has 2 aromatic rings. The molecule has 0 aliphatic heterocycles. The Morgan fingerprint density at radius 1 is 1.19 bits per heavy atom. The Bertz CT molecular complexity index is 797. The van der Waals surface area contributed by atoms with Gasteiger partial charge in [-0.15, -0.1) is 0 Å². The van der Waals surface area contributed by atoms with Gasteiger partial charge in [-0.25, -0.2) is 17.6 Å². The zero-order chi connectivity index (χ0) is 15.6. The van der Waals surface area contributed by atoms with E-state index in [1.165, 1.54) is 30.3 Å². The summed E-state index contributed by atoms with van der Waals surface area (Å²) in [5.41, 5.74) is 0.437. The van der Waals surface area contributed by atoms with E-state index in [1.807, 2.05) is 0 Å². The molecule has 0 spiro atoms. The number of aromatic carboxylic acids is 1. The average molecular weight is 308 g/mol. The van der Waals surface area contributed by atoms with Crippen LogP contribution in [0.4, 0.5) is 4.39 Å². The van der Waals surface area contributed by atoms with E-state index in [0.717, 1.165) is 6.07 Å². The van der Waals surface area contributed by atoms with E-state index in [9.17, 15) is 17.6 Å². The van der Waals surface area contributed by atoms with Crippen molar-refractivity contribution in [2.75, 3.05) is 0 Å². The maximum Gasteiger partial charge on any atom is 0.335 e. The molecule has 2 aromatic carbocycles. The van der Waals surface area contributed by atoms with Crippen LogP contribution in [-0.4, -0.2) is 19.5 Å². The normalized spacial score (nSPS) is 11.3. The van der Waals surface area contributed by atoms with Crippen molar-refractivity contribution in [1.82, 2.24) is 0 Å². The number of carboxylic acids is 1. The number of sulfone groups is 1. The van der Waals surface area contributed by atoms with Gasteiger partial charge in [-0.1, -0.05) is 24.3 Å². The number of carbonyl (C=O) groups is 1. The second-order valence-electron chi connectivity index (χ2n) is 4.63. The third kappa shape index (κ3) is 3.28. The second kappa shape index (κ2) is 5.65. The fourth-order valence-corrected chi connectivity index (χ4v) is 3.31. The largest absolute Gasteiger partial charge is 0.478 e. The van der Waals surface area contributed by atoms with Crippen LogP contribution in [0.5, 0.6) is 0 Å². The number of benzene rings is 2. The predicted octanol–water partition coefficient (Wildman–Crippen LogP) is 2.81. The van der Waals surface area contributed by atoms with Crippen molar-refractivity contribution < 1.29 is 22.7 Å². The van der Waals surface area contributed by atoms with E-state index in [0.29, 0.717) is 5.56 Å². The highest BCUT2D eigenvalue weighted by atomic mass is 32.2. The number of aryl methyl sites for hydroxylation is 1. The second-order valence-corrected chi connectivity index (χ2v) is 6.62. The molecule has 4 nitrogen and oxygen atoms in total. The van der Waals surface area contributed by atoms with Gasteiger partial charge in [0.2, 0.25) is 0 Å². The fourth-order valence-electron chi connectivity index (χ4n) is 1.93. The molecule has 0 unspecified atom stereocenters. The fraction of sp³-hybridized carbons (Fsp3) is 0.133. The van der Waals surface area contributed by atoms with E-state index in [1.54, 1.807) is 13.0 Å². The van der Waals surface area contributed by atoms with Gasteiger partial charge in [-0.2, -0.15) is 0 Å². The topological polar surface area (TPSA) is 71.4 Å². The van der Waals surface area contributed by atoms with Gasteiger partial charge in [0.25, 0.3) is 0 Å². The minimum absolute atomic E-state index is 0.0509. The van der Waals surface area contributed by atoms with Crippen molar-refractivity contribution in [3.63, 3.8) is 0 Å². The molecule has 6 heteroatoms. The Hall–Kier alpha value is -2.21. The summed E-state index contributed by atoms with van der Waals surface area (Å²) in [4.78, 5) is 10.9. The third-order valence-corrected chi connectivity index (χ3v) is 4.77. The maximum absolute atomic E-state index is 13.5. The van der Waals surface area contributed by atoms with E-state index in [-0.39, 0.29) is 16.0 Å². The molecular formula is C15H13FO4S. The van der Waals surface area contributed by atoms with Crippen molar-refractivity contribution in [3.8, 4) is 0 Å². The highest BCUT2D eigenvalue weighted by Gasteiger charge is 2.20. The average Bonchev–Trinajstić information content (AvgIpc) is 2.41. The summed E-state index contributed by atoms with van der Waals surface area (Å²) in [6, 6.07) is 9.46. The number of rotatable bonds is 4. The van der Waals surface area contributed by atoms with Crippen LogP contribution in [0.1, 0.15) is 21.5 Å². The molecule has 0 saturated carbocycles. The van der Waals surface area contributed by atoms with Crippen LogP contribution in [0.15, 0.2) is 47.4 Å². The SMILES string of the molecule is Cc1ccc(S(=O)(=O)Cc2ccccc2F)cc1C(=O)O. The smallest absolute Gasteiger partial charge is 0.335 e. The van der Waals surface area contributed by atoms with E-state index >= 15 is 0 Å². The van der Waals surface area contributed by atoms with Gasteiger partial charge < -0.3 is 5.11 Å². The molecular weight excluding hydrogens is 295 g/mol. The van der Waals surface area contributed by atoms with E-state index in [2.05, 4.69) is 0 Å². The van der Waals surface area contributed by atoms with Crippen molar-refractivity contribution in [3.05, 3.63) is 65.0 Å². The summed E-state index contributed by atoms with van der Waals surface area (Å²) >= 11 is 0. The summed E-state index contributed by atoms with van der Waals surface area (Å²) in [7, 11) is -3.81. The Morgan fingerprint density at radius 2 is 1.86 bits per heavy atom. The number of hydrogen-bond donors (Lipinski definition) is 1.